The molecule has 0 fully saturated rings. The van der Waals surface area contributed by atoms with Crippen LogP contribution in [-0.2, 0) is 37.5 Å². The van der Waals surface area contributed by atoms with E-state index < -0.39 is 0 Å². The molecule has 0 radical (unpaired) electrons. The minimum Gasteiger partial charge on any atom is -0.457 e. The van der Waals surface area contributed by atoms with Crippen molar-refractivity contribution in [1.82, 2.24) is 0 Å². The number of benzene rings is 12. The van der Waals surface area contributed by atoms with E-state index in [4.69, 9.17) is 4.74 Å². The Morgan fingerprint density at radius 3 is 0.667 bits per heavy atom. The highest BCUT2D eigenvalue weighted by Gasteiger charge is 2.22. The van der Waals surface area contributed by atoms with Crippen LogP contribution in [0, 0.1) is 48.5 Å². The third-order valence-electron chi connectivity index (χ3n) is 15.8. The summed E-state index contributed by atoms with van der Waals surface area (Å²) < 4.78 is 5.58. The van der Waals surface area contributed by atoms with Gasteiger partial charge in [0.2, 0.25) is 0 Å². The molecule has 1 heteroatoms. The van der Waals surface area contributed by atoms with Crippen molar-refractivity contribution in [2.45, 2.75) is 280 Å². The fourth-order valence-electron chi connectivity index (χ4n) is 10.4. The second-order valence-electron chi connectivity index (χ2n) is 23.5. The van der Waals surface area contributed by atoms with E-state index in [1.54, 1.807) is 0 Å². The molecule has 0 unspecified atom stereocenters. The summed E-state index contributed by atoms with van der Waals surface area (Å²) >= 11 is 0. The van der Waals surface area contributed by atoms with Crippen LogP contribution in [0.1, 0.15) is 288 Å². The fourth-order valence-corrected chi connectivity index (χ4v) is 10.4. The number of hydrogen-bond donors (Lipinski definition) is 0. The molecule has 0 aliphatic heterocycles. The monoisotopic (exact) mass is 1540 g/mol. The predicted octanol–water partition coefficient (Wildman–Crippen LogP) is 36.3. The molecule has 12 aromatic carbocycles. The third-order valence-corrected chi connectivity index (χ3v) is 15.8. The number of hydrogen-bond acceptors (Lipinski definition) is 1. The molecule has 0 aliphatic carbocycles. The van der Waals surface area contributed by atoms with E-state index in [-0.39, 0.29) is 5.41 Å². The van der Waals surface area contributed by atoms with Gasteiger partial charge in [0.1, 0.15) is 11.5 Å². The zero-order valence-corrected chi connectivity index (χ0v) is 79.5. The number of aryl methyl sites for hydroxylation is 7. The molecule has 12 rings (SSSR count). The lowest BCUT2D eigenvalue weighted by Crippen LogP contribution is -2.18. The molecule has 0 aromatic heterocycles. The Bertz CT molecular complexity index is 3520. The quantitative estimate of drug-likeness (QED) is 0.118. The average Bonchev–Trinajstić information content (AvgIpc) is 0.826. The average molecular weight is 1540 g/mol. The molecule has 0 spiro atoms. The number of ether oxygens (including phenoxy) is 1. The Labute approximate surface area is 707 Å². The smallest absolute Gasteiger partial charge is 0.127 e. The summed E-state index contributed by atoms with van der Waals surface area (Å²) in [5, 5.41) is 0. The highest BCUT2D eigenvalue weighted by molar-refractivity contribution is 5.44. The molecule has 0 saturated carbocycles. The molecule has 0 heterocycles. The summed E-state index contributed by atoms with van der Waals surface area (Å²) in [6, 6.07) is 111. The second-order valence-corrected chi connectivity index (χ2v) is 23.5. The van der Waals surface area contributed by atoms with Gasteiger partial charge >= 0.3 is 0 Å². The first-order valence-electron chi connectivity index (χ1n) is 44.0. The lowest BCUT2D eigenvalue weighted by atomic mass is 9.78. The summed E-state index contributed by atoms with van der Waals surface area (Å²) in [7, 11) is 0. The van der Waals surface area contributed by atoms with Crippen LogP contribution in [-0.4, -0.2) is 0 Å². The molecule has 0 amide bonds. The number of rotatable bonds is 12. The summed E-state index contributed by atoms with van der Waals surface area (Å²) in [5.74, 6) is 1.74. The normalized spacial score (nSPS) is 8.66. The van der Waals surface area contributed by atoms with E-state index in [9.17, 15) is 0 Å². The van der Waals surface area contributed by atoms with Crippen molar-refractivity contribution >= 4 is 0 Å². The van der Waals surface area contributed by atoms with E-state index in [0.717, 1.165) is 43.6 Å². The maximum atomic E-state index is 5.58. The van der Waals surface area contributed by atoms with E-state index >= 15 is 0 Å². The first-order valence-corrected chi connectivity index (χ1v) is 44.0. The molecular weight excluding hydrogens is 1370 g/mol. The highest BCUT2D eigenvalue weighted by Crippen LogP contribution is 2.31. The first-order chi connectivity index (χ1) is 55.7. The van der Waals surface area contributed by atoms with E-state index in [0.29, 0.717) is 0 Å². The molecular formula is C113H168O. The predicted molar refractivity (Wildman–Crippen MR) is 526 cm³/mol. The minimum atomic E-state index is 0.0858. The van der Waals surface area contributed by atoms with Gasteiger partial charge in [0.15, 0.2) is 0 Å². The van der Waals surface area contributed by atoms with Crippen molar-refractivity contribution in [2.24, 2.45) is 0 Å². The Kier molecular flexibility index (Phi) is 88.6. The summed E-state index contributed by atoms with van der Waals surface area (Å²) in [6.07, 6.45) is 5.34. The Hall–Kier alpha value is -9.56. The maximum absolute atomic E-state index is 5.58. The SMILES string of the molecule is CC.CC.CC.CC.CC.CC.CC.CC.CC.CC.CC.CC.CC(C)(c1ccccc1)c1ccccc1.CCc1cc(Cc2cc(C)c(C)c(CC)c2)cc(C)c1C.Cc1cccc(Cc2cccc(C)c2)c1.Cc1ccccc1.c1ccc(Cc2ccccc2)cc1.c1ccc(Oc2ccccc2)cc1.c1ccccc1. The fraction of sp³-hybridized carbons (Fsp3) is 0.363. The van der Waals surface area contributed by atoms with E-state index in [1.165, 1.54) is 94.6 Å². The van der Waals surface area contributed by atoms with Gasteiger partial charge in [-0.05, 0) is 183 Å². The van der Waals surface area contributed by atoms with Gasteiger partial charge in [-0.25, -0.2) is 0 Å². The molecule has 0 N–H and O–H groups in total. The lowest BCUT2D eigenvalue weighted by molar-refractivity contribution is 0.482. The molecule has 12 aromatic rings. The largest absolute Gasteiger partial charge is 0.457 e. The molecule has 626 valence electrons. The van der Waals surface area contributed by atoms with Gasteiger partial charge < -0.3 is 4.74 Å². The van der Waals surface area contributed by atoms with Crippen molar-refractivity contribution in [3.8, 4) is 11.5 Å². The number of para-hydroxylation sites is 2. The van der Waals surface area contributed by atoms with Crippen LogP contribution in [0.25, 0.3) is 0 Å². The van der Waals surface area contributed by atoms with Crippen molar-refractivity contribution in [3.05, 3.63) is 416 Å². The van der Waals surface area contributed by atoms with Crippen molar-refractivity contribution < 1.29 is 4.74 Å². The summed E-state index contributed by atoms with van der Waals surface area (Å²) in [4.78, 5) is 0. The van der Waals surface area contributed by atoms with Crippen LogP contribution >= 0.6 is 0 Å². The molecule has 0 aliphatic rings. The molecule has 0 saturated heterocycles. The van der Waals surface area contributed by atoms with Gasteiger partial charge in [-0.15, -0.1) is 0 Å². The Morgan fingerprint density at radius 1 is 0.211 bits per heavy atom. The summed E-state index contributed by atoms with van der Waals surface area (Å²) in [6.45, 7) is 72.3. The Morgan fingerprint density at radius 2 is 0.421 bits per heavy atom. The first kappa shape index (κ1) is 118. The second kappa shape index (κ2) is 85.9. The van der Waals surface area contributed by atoms with Gasteiger partial charge in [0, 0.05) is 5.41 Å². The van der Waals surface area contributed by atoms with Gasteiger partial charge in [-0.2, -0.15) is 0 Å². The van der Waals surface area contributed by atoms with Crippen LogP contribution < -0.4 is 4.74 Å². The summed E-state index contributed by atoms with van der Waals surface area (Å²) in [5.41, 5.74) is 23.9. The van der Waals surface area contributed by atoms with Gasteiger partial charge in [0.25, 0.3) is 0 Å². The minimum absolute atomic E-state index is 0.0858. The van der Waals surface area contributed by atoms with Crippen LogP contribution in [0.2, 0.25) is 0 Å². The molecule has 0 bridgehead atoms. The van der Waals surface area contributed by atoms with Gasteiger partial charge in [-0.1, -0.05) is 508 Å². The van der Waals surface area contributed by atoms with Crippen LogP contribution in [0.5, 0.6) is 11.5 Å². The molecule has 1 nitrogen and oxygen atoms in total. The van der Waals surface area contributed by atoms with E-state index in [2.05, 4.69) is 282 Å². The molecule has 0 atom stereocenters. The van der Waals surface area contributed by atoms with Crippen LogP contribution in [0.15, 0.2) is 322 Å². The lowest BCUT2D eigenvalue weighted by Gasteiger charge is -2.25. The van der Waals surface area contributed by atoms with Crippen LogP contribution in [0.3, 0.4) is 0 Å². The standard InChI is InChI=1S/C21H28.2C15H16.C13H12.C12H10O.C7H8.C6H6.12C2H6/c1-7-20-12-18(9-14(3)16(20)5)11-19-10-15(4)17(6)21(8-2)13-19;1-12-5-3-7-14(9-12)11-15-8-4-6-13(2)10-15;1-15(2,13-9-5-3-6-10-13)14-11-7-4-8-12-14;1-3-7-12(8-4-1)11-13-9-5-2-6-10-13;1-3-7-11(8-4-1)13-12-9-5-2-6-10-12;1-7-5-3-2-4-6-7;1-2-4-6-5-3-1;12*1-2/h9-10,12-13H,7-8,11H2,1-6H3;3-10H,11H2,1-2H3;3-12H,1-2H3;1-10H,11H2;1-10H;2-6H,1H3;1-6H;12*1-2H3. The zero-order chi connectivity index (χ0) is 88.2. The molecule has 114 heavy (non-hydrogen) atoms. The van der Waals surface area contributed by atoms with Gasteiger partial charge in [-0.3, -0.25) is 0 Å². The van der Waals surface area contributed by atoms with Crippen molar-refractivity contribution in [2.75, 3.05) is 0 Å². The van der Waals surface area contributed by atoms with Gasteiger partial charge in [0.05, 0.1) is 0 Å². The van der Waals surface area contributed by atoms with E-state index in [1.807, 2.05) is 281 Å². The highest BCUT2D eigenvalue weighted by atomic mass is 16.5. The maximum Gasteiger partial charge on any atom is 0.127 e. The van der Waals surface area contributed by atoms with Crippen molar-refractivity contribution in [3.63, 3.8) is 0 Å². The van der Waals surface area contributed by atoms with Crippen molar-refractivity contribution in [1.29, 1.82) is 0 Å². The zero-order valence-electron chi connectivity index (χ0n) is 79.5. The third kappa shape index (κ3) is 56.6. The topological polar surface area (TPSA) is 9.23 Å². The Balaban J connectivity index is -0.000000228. The van der Waals surface area contributed by atoms with Crippen LogP contribution in [0.4, 0.5) is 0 Å².